The van der Waals surface area contributed by atoms with E-state index >= 15 is 0 Å². The first-order valence-electron chi connectivity index (χ1n) is 8.10. The summed E-state index contributed by atoms with van der Waals surface area (Å²) < 4.78 is 7.31. The number of hydrogen-bond acceptors (Lipinski definition) is 5. The van der Waals surface area contributed by atoms with Gasteiger partial charge in [-0.2, -0.15) is 0 Å². The number of rotatable bonds is 0. The van der Waals surface area contributed by atoms with Crippen molar-refractivity contribution in [2.75, 3.05) is 24.8 Å². The Morgan fingerprint density at radius 3 is 2.85 bits per heavy atom. The maximum atomic E-state index is 12.7. The maximum absolute atomic E-state index is 12.7. The molecule has 8 heteroatoms. The highest BCUT2D eigenvalue weighted by Gasteiger charge is 2.32. The molecule has 0 saturated heterocycles. The molecule has 3 heterocycles. The lowest BCUT2D eigenvalue weighted by Gasteiger charge is -2.39. The summed E-state index contributed by atoms with van der Waals surface area (Å²) in [6.07, 6.45) is 5.11. The Hall–Kier alpha value is -2.93. The number of aromatic hydroxyl groups is 1. The lowest BCUT2D eigenvalue weighted by Crippen LogP contribution is -2.53. The van der Waals surface area contributed by atoms with Crippen LogP contribution in [0.25, 0.3) is 0 Å². The third-order valence-corrected chi connectivity index (χ3v) is 4.70. The zero-order valence-corrected chi connectivity index (χ0v) is 14.5. The fourth-order valence-electron chi connectivity index (χ4n) is 3.14. The van der Waals surface area contributed by atoms with Gasteiger partial charge in [0.15, 0.2) is 11.4 Å². The van der Waals surface area contributed by atoms with E-state index in [2.05, 4.69) is 0 Å². The standard InChI is InChI=1S/C18H16ClN3O4/c19-13-5-3-4-12-10-21-11-20(7-1-2-9-26-17(12)13)18(25)15-16(24)14(23)6-8-22(15)21/h1-6,8,24H,7,9-11H2/b2-1-. The van der Waals surface area contributed by atoms with E-state index in [1.165, 1.54) is 16.9 Å². The number of pyridine rings is 1. The van der Waals surface area contributed by atoms with Crippen LogP contribution in [0.1, 0.15) is 16.1 Å². The van der Waals surface area contributed by atoms with Crippen LogP contribution in [0, 0.1) is 0 Å². The van der Waals surface area contributed by atoms with E-state index in [1.54, 1.807) is 11.0 Å². The smallest absolute Gasteiger partial charge is 0.278 e. The Labute approximate surface area is 154 Å². The Kier molecular flexibility index (Phi) is 4.08. The van der Waals surface area contributed by atoms with Gasteiger partial charge >= 0.3 is 0 Å². The van der Waals surface area contributed by atoms with Crippen molar-refractivity contribution < 1.29 is 14.6 Å². The first kappa shape index (κ1) is 16.5. The van der Waals surface area contributed by atoms with Crippen LogP contribution < -0.4 is 15.2 Å². The van der Waals surface area contributed by atoms with Gasteiger partial charge < -0.3 is 14.7 Å². The molecule has 26 heavy (non-hydrogen) atoms. The Bertz CT molecular complexity index is 969. The molecule has 1 aromatic carbocycles. The zero-order chi connectivity index (χ0) is 18.3. The van der Waals surface area contributed by atoms with E-state index in [0.29, 0.717) is 37.1 Å². The highest BCUT2D eigenvalue weighted by molar-refractivity contribution is 6.32. The predicted molar refractivity (Wildman–Crippen MR) is 96.3 cm³/mol. The molecule has 1 N–H and O–H groups in total. The van der Waals surface area contributed by atoms with Crippen molar-refractivity contribution in [1.82, 2.24) is 9.58 Å². The van der Waals surface area contributed by atoms with Crippen LogP contribution in [-0.4, -0.2) is 40.4 Å². The number of ether oxygens (including phenoxy) is 1. The number of fused-ring (bicyclic) bond motifs is 5. The first-order valence-corrected chi connectivity index (χ1v) is 8.48. The molecule has 0 fully saturated rings. The summed E-state index contributed by atoms with van der Waals surface area (Å²) in [5.74, 6) is -0.364. The van der Waals surface area contributed by atoms with Crippen LogP contribution in [0.15, 0.2) is 47.4 Å². The summed E-state index contributed by atoms with van der Waals surface area (Å²) in [6.45, 7) is 1.35. The van der Waals surface area contributed by atoms with E-state index in [-0.39, 0.29) is 5.69 Å². The monoisotopic (exact) mass is 373 g/mol. The number of aromatic nitrogens is 1. The van der Waals surface area contributed by atoms with Gasteiger partial charge in [0, 0.05) is 24.4 Å². The molecule has 2 aliphatic heterocycles. The number of halogens is 1. The van der Waals surface area contributed by atoms with Gasteiger partial charge in [0.05, 0.1) is 11.6 Å². The number of hydrogen-bond donors (Lipinski definition) is 1. The first-order chi connectivity index (χ1) is 12.6. The van der Waals surface area contributed by atoms with Crippen molar-refractivity contribution in [1.29, 1.82) is 0 Å². The molecule has 0 spiro atoms. The average molecular weight is 374 g/mol. The fraction of sp³-hybridized carbons (Fsp3) is 0.222. The van der Waals surface area contributed by atoms with E-state index in [1.807, 2.05) is 29.3 Å². The molecule has 7 nitrogen and oxygen atoms in total. The van der Waals surface area contributed by atoms with Crippen LogP contribution in [0.3, 0.4) is 0 Å². The van der Waals surface area contributed by atoms with Crippen LogP contribution in [0.5, 0.6) is 11.5 Å². The zero-order valence-electron chi connectivity index (χ0n) is 13.8. The molecule has 0 aliphatic carbocycles. The Balaban J connectivity index is 1.87. The quantitative estimate of drug-likeness (QED) is 0.711. The second-order valence-corrected chi connectivity index (χ2v) is 6.47. The van der Waals surface area contributed by atoms with Crippen molar-refractivity contribution >= 4 is 17.5 Å². The number of amides is 1. The van der Waals surface area contributed by atoms with Gasteiger partial charge in [-0.3, -0.25) is 19.3 Å². The summed E-state index contributed by atoms with van der Waals surface area (Å²) in [7, 11) is 0. The van der Waals surface area contributed by atoms with Gasteiger partial charge in [0.1, 0.15) is 19.0 Å². The SMILES string of the molecule is O=C1c2c(O)c(=O)ccn2N2Cc3cccc(Cl)c3OC/C=C\CN1C2. The molecular weight excluding hydrogens is 358 g/mol. The van der Waals surface area contributed by atoms with Gasteiger partial charge in [0.2, 0.25) is 5.43 Å². The maximum Gasteiger partial charge on any atom is 0.278 e. The number of benzene rings is 1. The molecule has 0 atom stereocenters. The molecule has 2 aliphatic rings. The highest BCUT2D eigenvalue weighted by atomic mass is 35.5. The topological polar surface area (TPSA) is 75.0 Å². The van der Waals surface area contributed by atoms with Crippen molar-refractivity contribution in [2.24, 2.45) is 0 Å². The van der Waals surface area contributed by atoms with Crippen molar-refractivity contribution in [2.45, 2.75) is 6.54 Å². The Morgan fingerprint density at radius 1 is 1.15 bits per heavy atom. The summed E-state index contributed by atoms with van der Waals surface area (Å²) >= 11 is 6.29. The second-order valence-electron chi connectivity index (χ2n) is 6.07. The van der Waals surface area contributed by atoms with Gasteiger partial charge in [0.25, 0.3) is 5.91 Å². The minimum absolute atomic E-state index is 0.0408. The molecule has 0 saturated carbocycles. The van der Waals surface area contributed by atoms with Crippen LogP contribution >= 0.6 is 11.6 Å². The minimum Gasteiger partial charge on any atom is -0.502 e. The van der Waals surface area contributed by atoms with E-state index in [0.717, 1.165) is 5.56 Å². The van der Waals surface area contributed by atoms with Crippen molar-refractivity contribution in [3.8, 4) is 11.5 Å². The molecular formula is C18H16ClN3O4. The van der Waals surface area contributed by atoms with E-state index in [4.69, 9.17) is 16.3 Å². The summed E-state index contributed by atoms with van der Waals surface area (Å²) in [5, 5.41) is 12.5. The Morgan fingerprint density at radius 2 is 2.00 bits per heavy atom. The van der Waals surface area contributed by atoms with Crippen molar-refractivity contribution in [3.63, 3.8) is 0 Å². The van der Waals surface area contributed by atoms with Crippen LogP contribution in [0.4, 0.5) is 0 Å². The third-order valence-electron chi connectivity index (χ3n) is 4.40. The number of para-hydroxylation sites is 1. The molecule has 4 rings (SSSR count). The number of carbonyl (C=O) groups excluding carboxylic acids is 1. The lowest BCUT2D eigenvalue weighted by atomic mass is 10.2. The molecule has 134 valence electrons. The fourth-order valence-corrected chi connectivity index (χ4v) is 3.38. The molecule has 1 amide bonds. The van der Waals surface area contributed by atoms with Gasteiger partial charge in [-0.25, -0.2) is 0 Å². The van der Waals surface area contributed by atoms with Crippen molar-refractivity contribution in [3.05, 3.63) is 69.1 Å². The van der Waals surface area contributed by atoms with Gasteiger partial charge in [-0.15, -0.1) is 0 Å². The normalized spacial score (nSPS) is 17.7. The molecule has 1 aromatic heterocycles. The van der Waals surface area contributed by atoms with E-state index in [9.17, 15) is 14.7 Å². The molecule has 0 unspecified atom stereocenters. The average Bonchev–Trinajstić information content (AvgIpc) is 2.65. The number of carbonyl (C=O) groups is 1. The summed E-state index contributed by atoms with van der Waals surface area (Å²) in [5.41, 5.74) is 0.213. The van der Waals surface area contributed by atoms with Crippen LogP contribution in [-0.2, 0) is 6.54 Å². The second kappa shape index (κ2) is 6.42. The largest absolute Gasteiger partial charge is 0.502 e. The highest BCUT2D eigenvalue weighted by Crippen LogP contribution is 2.31. The van der Waals surface area contributed by atoms with Gasteiger partial charge in [-0.05, 0) is 12.1 Å². The number of nitrogens with zero attached hydrogens (tertiary/aromatic N) is 3. The molecule has 2 bridgehead atoms. The third kappa shape index (κ3) is 2.70. The minimum atomic E-state index is -0.585. The molecule has 2 aromatic rings. The van der Waals surface area contributed by atoms with Gasteiger partial charge in [-0.1, -0.05) is 29.8 Å². The summed E-state index contributed by atoms with van der Waals surface area (Å²) in [4.78, 5) is 26.1. The summed E-state index contributed by atoms with van der Waals surface area (Å²) in [6, 6.07) is 6.72. The molecule has 0 radical (unpaired) electrons. The predicted octanol–water partition coefficient (Wildman–Crippen LogP) is 1.71. The van der Waals surface area contributed by atoms with E-state index < -0.39 is 17.1 Å². The van der Waals surface area contributed by atoms with Crippen LogP contribution in [0.2, 0.25) is 5.02 Å². The lowest BCUT2D eigenvalue weighted by molar-refractivity contribution is 0.0706.